The first-order chi connectivity index (χ1) is 14.2. The van der Waals surface area contributed by atoms with Crippen LogP contribution in [0.5, 0.6) is 5.75 Å². The minimum Gasteiger partial charge on any atom is -0.495 e. The van der Waals surface area contributed by atoms with E-state index in [1.807, 2.05) is 76.3 Å². The van der Waals surface area contributed by atoms with E-state index in [4.69, 9.17) is 9.72 Å². The molecule has 0 fully saturated rings. The van der Waals surface area contributed by atoms with E-state index in [9.17, 15) is 4.79 Å². The van der Waals surface area contributed by atoms with Gasteiger partial charge in [-0.1, -0.05) is 36.4 Å². The Morgan fingerprint density at radius 2 is 1.77 bits per heavy atom. The Hall–Kier alpha value is -3.35. The van der Waals surface area contributed by atoms with Crippen LogP contribution in [0.2, 0.25) is 0 Å². The molecule has 1 aliphatic rings. The molecule has 6 nitrogen and oxygen atoms in total. The van der Waals surface area contributed by atoms with Gasteiger partial charge in [-0.15, -0.1) is 12.4 Å². The van der Waals surface area contributed by atoms with E-state index in [2.05, 4.69) is 6.07 Å². The Kier molecular flexibility index (Phi) is 6.63. The van der Waals surface area contributed by atoms with Crippen LogP contribution in [-0.2, 0) is 17.8 Å². The molecule has 2 aromatic heterocycles. The van der Waals surface area contributed by atoms with E-state index in [0.29, 0.717) is 19.4 Å². The summed E-state index contributed by atoms with van der Waals surface area (Å²) in [5.74, 6) is 0.836. The van der Waals surface area contributed by atoms with Gasteiger partial charge < -0.3 is 19.5 Å². The van der Waals surface area contributed by atoms with Crippen molar-refractivity contribution in [3.63, 3.8) is 0 Å². The minimum absolute atomic E-state index is 0. The molecule has 0 radical (unpaired) electrons. The molecule has 0 spiro atoms. The molecule has 0 unspecified atom stereocenters. The lowest BCUT2D eigenvalue weighted by atomic mass is 9.93. The predicted molar refractivity (Wildman–Crippen MR) is 124 cm³/mol. The number of rotatable bonds is 4. The second-order valence-electron chi connectivity index (χ2n) is 7.20. The number of fused-ring (bicyclic) bond motifs is 2. The maximum absolute atomic E-state index is 12.9. The Morgan fingerprint density at radius 1 is 1.00 bits per heavy atom. The molecule has 160 valence electrons. The molecule has 1 aliphatic heterocycles. The molecular formula is C24H24ClN3O3. The first-order valence-corrected chi connectivity index (χ1v) is 9.73. The smallest absolute Gasteiger partial charge is 0.227 e. The Bertz CT molecular complexity index is 1170. The number of hydrogen-bond donors (Lipinski definition) is 0. The third kappa shape index (κ3) is 4.00. The van der Waals surface area contributed by atoms with Crippen molar-refractivity contribution >= 4 is 29.6 Å². The first kappa shape index (κ1) is 22.3. The fraction of sp³-hybridized carbons (Fsp3) is 0.167. The summed E-state index contributed by atoms with van der Waals surface area (Å²) in [7, 11) is 1.65. The monoisotopic (exact) mass is 437 g/mol. The summed E-state index contributed by atoms with van der Waals surface area (Å²) in [5.41, 5.74) is 5.93. The SMILES string of the molecule is COc1ccc(-c2cn3ccccc3n2)c2c1N(Cc1ccccc1)C(=O)CC2.Cl.O. The summed E-state index contributed by atoms with van der Waals surface area (Å²) in [4.78, 5) is 19.5. The summed E-state index contributed by atoms with van der Waals surface area (Å²) in [6.45, 7) is 0.525. The van der Waals surface area contributed by atoms with Gasteiger partial charge >= 0.3 is 0 Å². The van der Waals surface area contributed by atoms with Gasteiger partial charge in [-0.05, 0) is 41.8 Å². The highest BCUT2D eigenvalue weighted by Gasteiger charge is 2.30. The van der Waals surface area contributed by atoms with Crippen LogP contribution in [0.25, 0.3) is 16.9 Å². The number of carbonyl (C=O) groups excluding carboxylic acids is 1. The molecule has 0 atom stereocenters. The molecule has 0 saturated carbocycles. The summed E-state index contributed by atoms with van der Waals surface area (Å²) < 4.78 is 7.67. The van der Waals surface area contributed by atoms with Gasteiger partial charge in [-0.3, -0.25) is 4.79 Å². The van der Waals surface area contributed by atoms with Crippen molar-refractivity contribution in [1.82, 2.24) is 9.38 Å². The van der Waals surface area contributed by atoms with Crippen molar-refractivity contribution < 1.29 is 15.0 Å². The van der Waals surface area contributed by atoms with E-state index in [-0.39, 0.29) is 23.8 Å². The fourth-order valence-corrected chi connectivity index (χ4v) is 4.06. The molecule has 0 aliphatic carbocycles. The number of halogens is 1. The van der Waals surface area contributed by atoms with Crippen LogP contribution < -0.4 is 9.64 Å². The van der Waals surface area contributed by atoms with Gasteiger partial charge in [0.2, 0.25) is 5.91 Å². The number of ether oxygens (including phenoxy) is 1. The fourth-order valence-electron chi connectivity index (χ4n) is 4.06. The van der Waals surface area contributed by atoms with E-state index < -0.39 is 0 Å². The van der Waals surface area contributed by atoms with E-state index in [0.717, 1.165) is 39.5 Å². The number of methoxy groups -OCH3 is 1. The molecule has 0 bridgehead atoms. The predicted octanol–water partition coefficient (Wildman–Crippen LogP) is 4.09. The van der Waals surface area contributed by atoms with E-state index >= 15 is 0 Å². The number of carbonyl (C=O) groups is 1. The van der Waals surface area contributed by atoms with Gasteiger partial charge in [0.1, 0.15) is 11.4 Å². The van der Waals surface area contributed by atoms with Gasteiger partial charge in [0.15, 0.2) is 0 Å². The quantitative estimate of drug-likeness (QED) is 0.482. The maximum atomic E-state index is 12.9. The molecule has 0 saturated heterocycles. The first-order valence-electron chi connectivity index (χ1n) is 9.73. The van der Waals surface area contributed by atoms with Gasteiger partial charge in [0.25, 0.3) is 0 Å². The molecule has 4 aromatic rings. The number of imidazole rings is 1. The second-order valence-corrected chi connectivity index (χ2v) is 7.20. The molecular weight excluding hydrogens is 414 g/mol. The van der Waals surface area contributed by atoms with Crippen molar-refractivity contribution in [2.45, 2.75) is 19.4 Å². The average Bonchev–Trinajstić information content (AvgIpc) is 3.19. The zero-order valence-electron chi connectivity index (χ0n) is 17.1. The largest absolute Gasteiger partial charge is 0.495 e. The number of pyridine rings is 1. The number of nitrogens with zero attached hydrogens (tertiary/aromatic N) is 3. The number of benzene rings is 2. The number of anilines is 1. The average molecular weight is 438 g/mol. The van der Waals surface area contributed by atoms with Crippen molar-refractivity contribution in [3.8, 4) is 17.0 Å². The molecule has 2 N–H and O–H groups in total. The number of amides is 1. The van der Waals surface area contributed by atoms with Crippen LogP contribution in [-0.4, -0.2) is 27.9 Å². The number of hydrogen-bond acceptors (Lipinski definition) is 3. The maximum Gasteiger partial charge on any atom is 0.227 e. The van der Waals surface area contributed by atoms with Crippen molar-refractivity contribution in [3.05, 3.63) is 84.2 Å². The molecule has 1 amide bonds. The summed E-state index contributed by atoms with van der Waals surface area (Å²) in [6, 6.07) is 20.0. The zero-order valence-corrected chi connectivity index (χ0v) is 17.9. The van der Waals surface area contributed by atoms with Gasteiger partial charge in [-0.25, -0.2) is 4.98 Å². The molecule has 31 heavy (non-hydrogen) atoms. The highest BCUT2D eigenvalue weighted by molar-refractivity contribution is 6.00. The van der Waals surface area contributed by atoms with Gasteiger partial charge in [0, 0.05) is 24.4 Å². The van der Waals surface area contributed by atoms with Crippen molar-refractivity contribution in [1.29, 1.82) is 0 Å². The van der Waals surface area contributed by atoms with E-state index in [1.165, 1.54) is 0 Å². The van der Waals surface area contributed by atoms with Crippen LogP contribution in [0.4, 0.5) is 5.69 Å². The standard InChI is InChI=1S/C24H21N3O2.ClH.H2O/c1-29-21-12-10-18(20-16-26-14-6-5-9-22(26)25-20)19-11-13-23(28)27(24(19)21)15-17-7-3-2-4-8-17;;/h2-10,12,14,16H,11,13,15H2,1H3;1H;1H2. The molecule has 5 rings (SSSR count). The lowest BCUT2D eigenvalue weighted by Gasteiger charge is -2.32. The minimum atomic E-state index is 0. The lowest BCUT2D eigenvalue weighted by Crippen LogP contribution is -2.35. The summed E-state index contributed by atoms with van der Waals surface area (Å²) in [5, 5.41) is 0. The highest BCUT2D eigenvalue weighted by atomic mass is 35.5. The van der Waals surface area contributed by atoms with Gasteiger partial charge in [-0.2, -0.15) is 0 Å². The van der Waals surface area contributed by atoms with Crippen molar-refractivity contribution in [2.24, 2.45) is 0 Å². The lowest BCUT2D eigenvalue weighted by molar-refractivity contribution is -0.119. The van der Waals surface area contributed by atoms with Crippen LogP contribution >= 0.6 is 12.4 Å². The van der Waals surface area contributed by atoms with Crippen LogP contribution in [0.1, 0.15) is 17.5 Å². The van der Waals surface area contributed by atoms with E-state index in [1.54, 1.807) is 7.11 Å². The van der Waals surface area contributed by atoms with Gasteiger partial charge in [0.05, 0.1) is 25.0 Å². The summed E-state index contributed by atoms with van der Waals surface area (Å²) >= 11 is 0. The second kappa shape index (κ2) is 9.20. The van der Waals surface area contributed by atoms with Crippen LogP contribution in [0, 0.1) is 0 Å². The zero-order chi connectivity index (χ0) is 19.8. The third-order valence-electron chi connectivity index (χ3n) is 5.45. The summed E-state index contributed by atoms with van der Waals surface area (Å²) in [6.07, 6.45) is 5.19. The van der Waals surface area contributed by atoms with Crippen LogP contribution in [0.15, 0.2) is 73.1 Å². The molecule has 3 heterocycles. The number of aromatic nitrogens is 2. The van der Waals surface area contributed by atoms with Crippen LogP contribution in [0.3, 0.4) is 0 Å². The molecule has 2 aromatic carbocycles. The Morgan fingerprint density at radius 3 is 2.52 bits per heavy atom. The highest BCUT2D eigenvalue weighted by Crippen LogP contribution is 2.42. The Balaban J connectivity index is 0.00000136. The van der Waals surface area contributed by atoms with Crippen molar-refractivity contribution in [2.75, 3.05) is 12.0 Å². The molecule has 7 heteroatoms. The normalized spacial score (nSPS) is 12.7. The topological polar surface area (TPSA) is 78.3 Å². The Labute approximate surface area is 186 Å². The third-order valence-corrected chi connectivity index (χ3v) is 5.45.